The molecule has 0 N–H and O–H groups in total. The van der Waals surface area contributed by atoms with Gasteiger partial charge in [-0.05, 0) is 48.9 Å². The average molecular weight is 501 g/mol. The lowest BCUT2D eigenvalue weighted by molar-refractivity contribution is 0.0674. The number of halogens is 3. The highest BCUT2D eigenvalue weighted by atomic mass is 35.5. The molecule has 1 fully saturated rings. The van der Waals surface area contributed by atoms with Crippen LogP contribution in [0.4, 0.5) is 8.78 Å². The summed E-state index contributed by atoms with van der Waals surface area (Å²) in [5.41, 5.74) is 1.07. The molecular formula is C24H23ClF2N6O2. The molecule has 4 rings (SSSR count). The van der Waals surface area contributed by atoms with Gasteiger partial charge in [0, 0.05) is 30.9 Å². The number of hydrogen-bond acceptors (Lipinski definition) is 6. The zero-order valence-corrected chi connectivity index (χ0v) is 19.8. The summed E-state index contributed by atoms with van der Waals surface area (Å²) in [5.74, 6) is -1.30. The summed E-state index contributed by atoms with van der Waals surface area (Å²) in [4.78, 5) is 22.4. The van der Waals surface area contributed by atoms with Crippen molar-refractivity contribution in [3.05, 3.63) is 59.3 Å². The van der Waals surface area contributed by atoms with Crippen LogP contribution in [0, 0.1) is 28.9 Å². The van der Waals surface area contributed by atoms with E-state index in [1.54, 1.807) is 22.0 Å². The van der Waals surface area contributed by atoms with E-state index in [1.807, 2.05) is 0 Å². The molecule has 1 aromatic carbocycles. The third kappa shape index (κ3) is 5.57. The van der Waals surface area contributed by atoms with Crippen LogP contribution in [0.3, 0.4) is 0 Å². The molecule has 0 radical (unpaired) electrons. The van der Waals surface area contributed by atoms with E-state index in [-0.39, 0.29) is 29.2 Å². The van der Waals surface area contributed by atoms with Gasteiger partial charge in [-0.3, -0.25) is 9.48 Å². The zero-order chi connectivity index (χ0) is 24.9. The Morgan fingerprint density at radius 2 is 2.09 bits per heavy atom. The number of nitrogens with zero attached hydrogens (tertiary/aromatic N) is 6. The molecule has 0 bridgehead atoms. The van der Waals surface area contributed by atoms with Gasteiger partial charge in [-0.15, -0.1) is 0 Å². The van der Waals surface area contributed by atoms with E-state index >= 15 is 0 Å². The number of methoxy groups -OCH3 is 1. The number of likely N-dealkylation sites (tertiary alicyclic amines) is 1. The minimum atomic E-state index is -0.859. The fraction of sp³-hybridized carbons (Fsp3) is 0.375. The molecule has 3 aromatic rings. The van der Waals surface area contributed by atoms with Gasteiger partial charge in [0.1, 0.15) is 17.3 Å². The first kappa shape index (κ1) is 24.5. The largest absolute Gasteiger partial charge is 0.493 e. The Morgan fingerprint density at radius 3 is 2.77 bits per heavy atom. The molecule has 3 heterocycles. The molecule has 1 atom stereocenters. The quantitative estimate of drug-likeness (QED) is 0.437. The van der Waals surface area contributed by atoms with Gasteiger partial charge in [-0.25, -0.2) is 18.7 Å². The van der Waals surface area contributed by atoms with Crippen LogP contribution in [0.15, 0.2) is 36.8 Å². The lowest BCUT2D eigenvalue weighted by Gasteiger charge is -2.33. The van der Waals surface area contributed by atoms with Gasteiger partial charge in [-0.1, -0.05) is 0 Å². The van der Waals surface area contributed by atoms with E-state index in [9.17, 15) is 18.8 Å². The number of benzene rings is 1. The first-order valence-corrected chi connectivity index (χ1v) is 11.5. The van der Waals surface area contributed by atoms with Gasteiger partial charge in [0.05, 0.1) is 43.6 Å². The van der Waals surface area contributed by atoms with Gasteiger partial charge in [0.2, 0.25) is 5.28 Å². The van der Waals surface area contributed by atoms with Crippen molar-refractivity contribution in [2.24, 2.45) is 5.92 Å². The standard InChI is InChI=1S/C24H23ClF2N6O2/c1-35-21-13-29-24(25)31-22(21)16-12-30-33(14-16)18(4-7-28)10-15-5-8-32(9-6-15)23(34)19-3-2-17(26)11-20(19)27/h2-3,11-15,18H,4-6,8-10H2,1H3. The molecule has 2 aromatic heterocycles. The Hall–Kier alpha value is -3.58. The van der Waals surface area contributed by atoms with Crippen LogP contribution in [0.25, 0.3) is 11.3 Å². The maximum Gasteiger partial charge on any atom is 0.256 e. The number of piperidine rings is 1. The Labute approximate surface area is 206 Å². The van der Waals surface area contributed by atoms with Crippen molar-refractivity contribution in [2.45, 2.75) is 31.7 Å². The summed E-state index contributed by atoms with van der Waals surface area (Å²) >= 11 is 5.95. The lowest BCUT2D eigenvalue weighted by atomic mass is 9.89. The minimum Gasteiger partial charge on any atom is -0.493 e. The van der Waals surface area contributed by atoms with Crippen LogP contribution < -0.4 is 4.74 Å². The summed E-state index contributed by atoms with van der Waals surface area (Å²) in [7, 11) is 1.51. The van der Waals surface area contributed by atoms with Crippen molar-refractivity contribution in [1.29, 1.82) is 5.26 Å². The number of ether oxygens (including phenoxy) is 1. The number of carbonyl (C=O) groups excluding carboxylic acids is 1. The number of amides is 1. The Kier molecular flexibility index (Phi) is 7.56. The molecule has 11 heteroatoms. The third-order valence-corrected chi connectivity index (χ3v) is 6.37. The van der Waals surface area contributed by atoms with Gasteiger partial charge < -0.3 is 9.64 Å². The predicted molar refractivity (Wildman–Crippen MR) is 124 cm³/mol. The Bertz CT molecular complexity index is 1250. The maximum absolute atomic E-state index is 14.0. The van der Waals surface area contributed by atoms with Crippen LogP contribution in [-0.2, 0) is 0 Å². The first-order valence-electron chi connectivity index (χ1n) is 11.1. The van der Waals surface area contributed by atoms with Gasteiger partial charge in [-0.2, -0.15) is 10.4 Å². The Balaban J connectivity index is 1.42. The topological polar surface area (TPSA) is 96.9 Å². The third-order valence-electron chi connectivity index (χ3n) is 6.19. The summed E-state index contributed by atoms with van der Waals surface area (Å²) in [5, 5.41) is 13.9. The summed E-state index contributed by atoms with van der Waals surface area (Å²) in [6.45, 7) is 0.918. The molecule has 1 aliphatic rings. The fourth-order valence-corrected chi connectivity index (χ4v) is 4.48. The van der Waals surface area contributed by atoms with Crippen molar-refractivity contribution in [1.82, 2.24) is 24.6 Å². The van der Waals surface area contributed by atoms with Crippen molar-refractivity contribution in [2.75, 3.05) is 20.2 Å². The average Bonchev–Trinajstić information content (AvgIpc) is 3.34. The number of rotatable bonds is 7. The fourth-order valence-electron chi connectivity index (χ4n) is 4.35. The summed E-state index contributed by atoms with van der Waals surface area (Å²) in [6, 6.07) is 5.04. The molecule has 1 amide bonds. The number of hydrogen-bond donors (Lipinski definition) is 0. The summed E-state index contributed by atoms with van der Waals surface area (Å²) in [6.07, 6.45) is 7.32. The molecule has 0 aliphatic carbocycles. The highest BCUT2D eigenvalue weighted by molar-refractivity contribution is 6.28. The van der Waals surface area contributed by atoms with Crippen LogP contribution in [0.1, 0.15) is 42.1 Å². The van der Waals surface area contributed by atoms with Gasteiger partial charge in [0.25, 0.3) is 5.91 Å². The van der Waals surface area contributed by atoms with E-state index in [4.69, 9.17) is 16.3 Å². The second-order valence-electron chi connectivity index (χ2n) is 8.38. The second kappa shape index (κ2) is 10.8. The molecule has 182 valence electrons. The number of aromatic nitrogens is 4. The van der Waals surface area contributed by atoms with Crippen LogP contribution in [0.5, 0.6) is 5.75 Å². The lowest BCUT2D eigenvalue weighted by Crippen LogP contribution is -2.39. The SMILES string of the molecule is COc1cnc(Cl)nc1-c1cnn(C(CC#N)CC2CCN(C(=O)c3ccc(F)cc3F)CC2)c1. The summed E-state index contributed by atoms with van der Waals surface area (Å²) < 4.78 is 34.3. The smallest absolute Gasteiger partial charge is 0.256 e. The molecular weight excluding hydrogens is 478 g/mol. The van der Waals surface area contributed by atoms with Gasteiger partial charge >= 0.3 is 0 Å². The molecule has 1 unspecified atom stereocenters. The molecule has 1 aliphatic heterocycles. The monoisotopic (exact) mass is 500 g/mol. The highest BCUT2D eigenvalue weighted by Crippen LogP contribution is 2.32. The van der Waals surface area contributed by atoms with E-state index in [2.05, 4.69) is 21.1 Å². The molecule has 35 heavy (non-hydrogen) atoms. The van der Waals surface area contributed by atoms with E-state index in [1.165, 1.54) is 19.4 Å². The van der Waals surface area contributed by atoms with E-state index in [0.29, 0.717) is 49.4 Å². The molecule has 0 saturated carbocycles. The van der Waals surface area contributed by atoms with E-state index < -0.39 is 17.5 Å². The van der Waals surface area contributed by atoms with Gasteiger partial charge in [0.15, 0.2) is 5.75 Å². The minimum absolute atomic E-state index is 0.0870. The molecule has 8 nitrogen and oxygen atoms in total. The zero-order valence-electron chi connectivity index (χ0n) is 19.0. The number of carbonyl (C=O) groups is 1. The van der Waals surface area contributed by atoms with Crippen molar-refractivity contribution in [3.63, 3.8) is 0 Å². The van der Waals surface area contributed by atoms with Crippen LogP contribution in [-0.4, -0.2) is 50.8 Å². The van der Waals surface area contributed by atoms with Crippen molar-refractivity contribution < 1.29 is 18.3 Å². The van der Waals surface area contributed by atoms with Crippen molar-refractivity contribution in [3.8, 4) is 23.1 Å². The van der Waals surface area contributed by atoms with Crippen LogP contribution >= 0.6 is 11.6 Å². The first-order chi connectivity index (χ1) is 16.9. The van der Waals surface area contributed by atoms with Crippen LogP contribution in [0.2, 0.25) is 5.28 Å². The number of nitriles is 1. The highest BCUT2D eigenvalue weighted by Gasteiger charge is 2.28. The normalized spacial score (nSPS) is 15.0. The second-order valence-corrected chi connectivity index (χ2v) is 8.71. The Morgan fingerprint density at radius 1 is 1.31 bits per heavy atom. The van der Waals surface area contributed by atoms with E-state index in [0.717, 1.165) is 12.1 Å². The predicted octanol–water partition coefficient (Wildman–Crippen LogP) is 4.68. The molecule has 1 saturated heterocycles. The maximum atomic E-state index is 14.0. The van der Waals surface area contributed by atoms with Crippen molar-refractivity contribution >= 4 is 17.5 Å². The molecule has 0 spiro atoms.